The van der Waals surface area contributed by atoms with Gasteiger partial charge in [0.25, 0.3) is 0 Å². The van der Waals surface area contributed by atoms with Gasteiger partial charge in [-0.25, -0.2) is 4.79 Å². The van der Waals surface area contributed by atoms with Gasteiger partial charge in [0.2, 0.25) is 0 Å². The minimum atomic E-state index is -0.165. The topological polar surface area (TPSA) is 60.7 Å². The highest BCUT2D eigenvalue weighted by Crippen LogP contribution is 2.72. The Hall–Kier alpha value is -1.07. The van der Waals surface area contributed by atoms with E-state index in [1.165, 1.54) is 5.56 Å². The van der Waals surface area contributed by atoms with Crippen molar-refractivity contribution < 1.29 is 0 Å². The van der Waals surface area contributed by atoms with Crippen molar-refractivity contribution in [3.63, 3.8) is 0 Å². The first kappa shape index (κ1) is 14.9. The summed E-state index contributed by atoms with van der Waals surface area (Å²) >= 11 is 3.66. The Kier molecular flexibility index (Phi) is 3.16. The van der Waals surface area contributed by atoms with E-state index in [9.17, 15) is 4.79 Å². The second kappa shape index (κ2) is 4.46. The van der Waals surface area contributed by atoms with Gasteiger partial charge < -0.3 is 15.3 Å². The molecule has 1 aliphatic carbocycles. The van der Waals surface area contributed by atoms with Crippen molar-refractivity contribution in [1.29, 1.82) is 0 Å². The molecule has 1 atom stereocenters. The number of rotatable bonds is 3. The minimum Gasteiger partial charge on any atom is -0.313 e. The number of fused-ring (bicyclic) bond motifs is 1. The molecule has 5 heteroatoms. The van der Waals surface area contributed by atoms with E-state index in [-0.39, 0.29) is 11.7 Å². The van der Waals surface area contributed by atoms with E-state index in [4.69, 9.17) is 0 Å². The third kappa shape index (κ3) is 2.01. The molecule has 1 unspecified atom stereocenters. The molecule has 0 amide bonds. The van der Waals surface area contributed by atoms with Crippen LogP contribution in [0.2, 0.25) is 0 Å². The third-order valence-electron chi connectivity index (χ3n) is 5.75. The minimum absolute atomic E-state index is 0.165. The molecule has 3 rings (SSSR count). The Morgan fingerprint density at radius 2 is 1.67 bits per heavy atom. The van der Waals surface area contributed by atoms with Crippen LogP contribution in [0.15, 0.2) is 21.4 Å². The standard InChI is InChI=1S/C16H22BrN3O/c1-15(2)13(16(15,3)4)12(18-5)8-6-10-11(7-9(8)17)20-14(21)19-10/h6-7,12-13,18H,1-5H3,(H2,19,20,21). The van der Waals surface area contributed by atoms with Crippen LogP contribution in [0.25, 0.3) is 11.0 Å². The molecule has 0 aliphatic heterocycles. The lowest BCUT2D eigenvalue weighted by Crippen LogP contribution is -2.22. The number of benzene rings is 1. The number of halogens is 1. The molecule has 0 bridgehead atoms. The summed E-state index contributed by atoms with van der Waals surface area (Å²) < 4.78 is 1.03. The van der Waals surface area contributed by atoms with Gasteiger partial charge in [0, 0.05) is 10.5 Å². The van der Waals surface area contributed by atoms with Crippen molar-refractivity contribution in [3.05, 3.63) is 32.7 Å². The zero-order chi connectivity index (χ0) is 15.6. The van der Waals surface area contributed by atoms with Gasteiger partial charge in [-0.2, -0.15) is 0 Å². The maximum atomic E-state index is 11.5. The Morgan fingerprint density at radius 3 is 2.14 bits per heavy atom. The summed E-state index contributed by atoms with van der Waals surface area (Å²) in [4.78, 5) is 17.1. The van der Waals surface area contributed by atoms with Crippen LogP contribution in [0.3, 0.4) is 0 Å². The number of hydrogen-bond acceptors (Lipinski definition) is 2. The number of aromatic nitrogens is 2. The van der Waals surface area contributed by atoms with Crippen molar-refractivity contribution in [2.24, 2.45) is 16.7 Å². The summed E-state index contributed by atoms with van der Waals surface area (Å²) in [5, 5.41) is 3.47. The molecule has 21 heavy (non-hydrogen) atoms. The van der Waals surface area contributed by atoms with Crippen molar-refractivity contribution in [2.75, 3.05) is 7.05 Å². The van der Waals surface area contributed by atoms with Crippen molar-refractivity contribution >= 4 is 27.0 Å². The van der Waals surface area contributed by atoms with E-state index < -0.39 is 0 Å². The Morgan fingerprint density at radius 1 is 1.14 bits per heavy atom. The van der Waals surface area contributed by atoms with Crippen LogP contribution in [0, 0.1) is 16.7 Å². The number of H-pyrrole nitrogens is 2. The van der Waals surface area contributed by atoms with Crippen molar-refractivity contribution in [1.82, 2.24) is 15.3 Å². The van der Waals surface area contributed by atoms with Crippen LogP contribution in [0.1, 0.15) is 39.3 Å². The molecular weight excluding hydrogens is 330 g/mol. The first-order chi connectivity index (χ1) is 9.70. The fourth-order valence-corrected chi connectivity index (χ4v) is 4.48. The quantitative estimate of drug-likeness (QED) is 0.791. The van der Waals surface area contributed by atoms with Gasteiger partial charge in [0.1, 0.15) is 0 Å². The molecular formula is C16H22BrN3O. The Labute approximate surface area is 132 Å². The average Bonchev–Trinajstić information content (AvgIpc) is 2.68. The molecule has 4 nitrogen and oxygen atoms in total. The fraction of sp³-hybridized carbons (Fsp3) is 0.562. The highest BCUT2D eigenvalue weighted by atomic mass is 79.9. The van der Waals surface area contributed by atoms with E-state index in [1.807, 2.05) is 13.1 Å². The molecule has 1 heterocycles. The molecule has 0 radical (unpaired) electrons. The normalized spacial score (nSPS) is 21.6. The first-order valence-electron chi connectivity index (χ1n) is 7.29. The SMILES string of the molecule is CNC(c1cc2[nH]c(=O)[nH]c2cc1Br)C1C(C)(C)C1(C)C. The lowest BCUT2D eigenvalue weighted by atomic mass is 9.96. The van der Waals surface area contributed by atoms with Crippen molar-refractivity contribution in [3.8, 4) is 0 Å². The van der Waals surface area contributed by atoms with E-state index in [0.29, 0.717) is 16.7 Å². The summed E-state index contributed by atoms with van der Waals surface area (Å²) in [6.45, 7) is 9.30. The van der Waals surface area contributed by atoms with Crippen LogP contribution < -0.4 is 11.0 Å². The first-order valence-corrected chi connectivity index (χ1v) is 8.08. The zero-order valence-electron chi connectivity index (χ0n) is 13.1. The molecule has 114 valence electrons. The van der Waals surface area contributed by atoms with Gasteiger partial charge in [-0.1, -0.05) is 43.6 Å². The second-order valence-electron chi connectivity index (χ2n) is 7.19. The number of imidazole rings is 1. The van der Waals surface area contributed by atoms with Gasteiger partial charge in [0.15, 0.2) is 0 Å². The predicted molar refractivity (Wildman–Crippen MR) is 89.5 cm³/mol. The molecule has 1 fully saturated rings. The molecule has 1 aromatic heterocycles. The number of aromatic amines is 2. The second-order valence-corrected chi connectivity index (χ2v) is 8.04. The average molecular weight is 352 g/mol. The summed E-state index contributed by atoms with van der Waals surface area (Å²) in [7, 11) is 2.01. The van der Waals surface area contributed by atoms with Gasteiger partial charge in [-0.05, 0) is 41.5 Å². The van der Waals surface area contributed by atoms with E-state index >= 15 is 0 Å². The smallest absolute Gasteiger partial charge is 0.313 e. The van der Waals surface area contributed by atoms with Gasteiger partial charge in [-0.15, -0.1) is 0 Å². The Balaban J connectivity index is 2.10. The van der Waals surface area contributed by atoms with Gasteiger partial charge >= 0.3 is 5.69 Å². The monoisotopic (exact) mass is 351 g/mol. The van der Waals surface area contributed by atoms with Crippen LogP contribution >= 0.6 is 15.9 Å². The summed E-state index contributed by atoms with van der Waals surface area (Å²) in [6, 6.07) is 4.31. The molecule has 1 saturated carbocycles. The van der Waals surface area contributed by atoms with Gasteiger partial charge in [0.05, 0.1) is 11.0 Å². The predicted octanol–water partition coefficient (Wildman–Crippen LogP) is 3.56. The lowest BCUT2D eigenvalue weighted by Gasteiger charge is -2.20. The highest BCUT2D eigenvalue weighted by Gasteiger charge is 2.67. The van der Waals surface area contributed by atoms with Crippen LogP contribution in [-0.4, -0.2) is 17.0 Å². The van der Waals surface area contributed by atoms with Crippen LogP contribution in [-0.2, 0) is 0 Å². The van der Waals surface area contributed by atoms with E-state index in [0.717, 1.165) is 15.5 Å². The van der Waals surface area contributed by atoms with E-state index in [1.54, 1.807) is 0 Å². The highest BCUT2D eigenvalue weighted by molar-refractivity contribution is 9.10. The number of nitrogens with one attached hydrogen (secondary N) is 3. The maximum absolute atomic E-state index is 11.5. The molecule has 3 N–H and O–H groups in total. The van der Waals surface area contributed by atoms with Crippen molar-refractivity contribution in [2.45, 2.75) is 33.7 Å². The van der Waals surface area contributed by atoms with Crippen LogP contribution in [0.5, 0.6) is 0 Å². The Bertz CT molecular complexity index is 742. The summed E-state index contributed by atoms with van der Waals surface area (Å²) in [5.74, 6) is 0.550. The van der Waals surface area contributed by atoms with Gasteiger partial charge in [-0.3, -0.25) is 0 Å². The molecule has 2 aromatic rings. The largest absolute Gasteiger partial charge is 0.323 e. The molecule has 1 aliphatic rings. The summed E-state index contributed by atoms with van der Waals surface area (Å²) in [6.07, 6.45) is 0. The van der Waals surface area contributed by atoms with E-state index in [2.05, 4.69) is 65.0 Å². The summed E-state index contributed by atoms with van der Waals surface area (Å²) in [5.41, 5.74) is 3.31. The number of hydrogen-bond donors (Lipinski definition) is 3. The van der Waals surface area contributed by atoms with Crippen LogP contribution in [0.4, 0.5) is 0 Å². The molecule has 0 saturated heterocycles. The third-order valence-corrected chi connectivity index (χ3v) is 6.43. The fourth-order valence-electron chi connectivity index (χ4n) is 3.89. The maximum Gasteiger partial charge on any atom is 0.323 e. The lowest BCUT2D eigenvalue weighted by molar-refractivity contribution is 0.437. The zero-order valence-corrected chi connectivity index (χ0v) is 14.7. The molecule has 0 spiro atoms. The molecule has 1 aromatic carbocycles.